The van der Waals surface area contributed by atoms with Gasteiger partial charge in [-0.05, 0) is 48.6 Å². The SMILES string of the molecule is COc1cc(NC(=O)Nc2ccc(C3CCN(C(=O)Nc4ccc(OCCO)cc4Cl)CC3)cc2)cc(OC)c1. The van der Waals surface area contributed by atoms with Gasteiger partial charge in [-0.25, -0.2) is 9.59 Å². The summed E-state index contributed by atoms with van der Waals surface area (Å²) in [6, 6.07) is 17.3. The molecule has 1 saturated heterocycles. The van der Waals surface area contributed by atoms with Gasteiger partial charge < -0.3 is 40.2 Å². The van der Waals surface area contributed by atoms with Gasteiger partial charge in [0.05, 0.1) is 31.5 Å². The fourth-order valence-corrected chi connectivity index (χ4v) is 4.69. The largest absolute Gasteiger partial charge is 0.497 e. The highest BCUT2D eigenvalue weighted by molar-refractivity contribution is 6.33. The smallest absolute Gasteiger partial charge is 0.323 e. The first-order valence-electron chi connectivity index (χ1n) is 12.9. The van der Waals surface area contributed by atoms with Crippen LogP contribution in [0.1, 0.15) is 24.3 Å². The third-order valence-electron chi connectivity index (χ3n) is 6.57. The molecule has 0 aromatic heterocycles. The number of methoxy groups -OCH3 is 2. The van der Waals surface area contributed by atoms with Gasteiger partial charge in [-0.2, -0.15) is 0 Å². The highest BCUT2D eigenvalue weighted by atomic mass is 35.5. The lowest BCUT2D eigenvalue weighted by atomic mass is 9.89. The minimum Gasteiger partial charge on any atom is -0.497 e. The number of nitrogens with zero attached hydrogens (tertiary/aromatic N) is 1. The zero-order chi connectivity index (χ0) is 28.5. The Balaban J connectivity index is 1.26. The van der Waals surface area contributed by atoms with Crippen LogP contribution in [0.5, 0.6) is 17.2 Å². The third-order valence-corrected chi connectivity index (χ3v) is 6.89. The maximum atomic E-state index is 12.8. The molecule has 0 radical (unpaired) electrons. The van der Waals surface area contributed by atoms with E-state index in [1.54, 1.807) is 55.5 Å². The topological polar surface area (TPSA) is 121 Å². The number of nitrogens with one attached hydrogen (secondary N) is 3. The van der Waals surface area contributed by atoms with Gasteiger partial charge in [-0.1, -0.05) is 23.7 Å². The molecule has 0 bridgehead atoms. The molecular weight excluding hydrogens is 536 g/mol. The minimum absolute atomic E-state index is 0.0916. The maximum Gasteiger partial charge on any atom is 0.323 e. The summed E-state index contributed by atoms with van der Waals surface area (Å²) in [5.74, 6) is 1.98. The summed E-state index contributed by atoms with van der Waals surface area (Å²) in [6.07, 6.45) is 1.64. The quantitative estimate of drug-likeness (QED) is 0.259. The van der Waals surface area contributed by atoms with Gasteiger partial charge in [0, 0.05) is 48.7 Å². The number of aliphatic hydroxyl groups excluding tert-OH is 1. The third kappa shape index (κ3) is 7.71. The van der Waals surface area contributed by atoms with E-state index in [-0.39, 0.29) is 25.3 Å². The van der Waals surface area contributed by atoms with Crippen molar-refractivity contribution >= 4 is 40.7 Å². The first-order chi connectivity index (χ1) is 19.4. The monoisotopic (exact) mass is 568 g/mol. The summed E-state index contributed by atoms with van der Waals surface area (Å²) in [5.41, 5.74) is 2.87. The van der Waals surface area contributed by atoms with Crippen molar-refractivity contribution in [1.82, 2.24) is 4.90 Å². The van der Waals surface area contributed by atoms with Crippen LogP contribution in [0.4, 0.5) is 26.7 Å². The average Bonchev–Trinajstić information content (AvgIpc) is 2.97. The first kappa shape index (κ1) is 28.8. The molecule has 4 amide bonds. The van der Waals surface area contributed by atoms with Crippen molar-refractivity contribution in [1.29, 1.82) is 0 Å². The van der Waals surface area contributed by atoms with Gasteiger partial charge in [0.25, 0.3) is 0 Å². The highest BCUT2D eigenvalue weighted by Gasteiger charge is 2.24. The molecule has 11 heteroatoms. The van der Waals surface area contributed by atoms with E-state index in [1.807, 2.05) is 24.3 Å². The minimum atomic E-state index is -0.380. The number of likely N-dealkylation sites (tertiary alicyclic amines) is 1. The van der Waals surface area contributed by atoms with Gasteiger partial charge in [-0.15, -0.1) is 0 Å². The van der Waals surface area contributed by atoms with Crippen molar-refractivity contribution < 1.29 is 28.9 Å². The molecular formula is C29H33ClN4O6. The molecule has 10 nitrogen and oxygen atoms in total. The number of piperidine rings is 1. The number of halogens is 1. The number of benzene rings is 3. The van der Waals surface area contributed by atoms with Crippen LogP contribution in [0, 0.1) is 0 Å². The molecule has 0 atom stereocenters. The Morgan fingerprint density at radius 2 is 1.52 bits per heavy atom. The van der Waals surface area contributed by atoms with Crippen LogP contribution in [-0.4, -0.2) is 62.6 Å². The molecule has 4 N–H and O–H groups in total. The molecule has 3 aromatic carbocycles. The van der Waals surface area contributed by atoms with Crippen LogP contribution < -0.4 is 30.2 Å². The molecule has 3 aromatic rings. The van der Waals surface area contributed by atoms with E-state index in [2.05, 4.69) is 16.0 Å². The summed E-state index contributed by atoms with van der Waals surface area (Å²) in [7, 11) is 3.10. The Labute approximate surface area is 238 Å². The lowest BCUT2D eigenvalue weighted by Crippen LogP contribution is -2.40. The number of hydrogen-bond donors (Lipinski definition) is 4. The molecule has 40 heavy (non-hydrogen) atoms. The van der Waals surface area contributed by atoms with Crippen LogP contribution in [0.3, 0.4) is 0 Å². The Morgan fingerprint density at radius 3 is 2.12 bits per heavy atom. The van der Waals surface area contributed by atoms with Crippen LogP contribution in [-0.2, 0) is 0 Å². The van der Waals surface area contributed by atoms with E-state index in [0.29, 0.717) is 58.3 Å². The second-order valence-electron chi connectivity index (χ2n) is 9.21. The summed E-state index contributed by atoms with van der Waals surface area (Å²) in [4.78, 5) is 27.1. The summed E-state index contributed by atoms with van der Waals surface area (Å²) in [6.45, 7) is 1.30. The second-order valence-corrected chi connectivity index (χ2v) is 9.61. The predicted molar refractivity (Wildman–Crippen MR) is 155 cm³/mol. The molecule has 1 heterocycles. The Bertz CT molecular complexity index is 1290. The summed E-state index contributed by atoms with van der Waals surface area (Å²) in [5, 5.41) is 17.7. The molecule has 0 spiro atoms. The van der Waals surface area contributed by atoms with Gasteiger partial charge in [0.1, 0.15) is 23.9 Å². The number of carbonyl (C=O) groups excluding carboxylic acids is 2. The molecule has 0 saturated carbocycles. The predicted octanol–water partition coefficient (Wildman–Crippen LogP) is 5.78. The van der Waals surface area contributed by atoms with Gasteiger partial charge in [-0.3, -0.25) is 0 Å². The van der Waals surface area contributed by atoms with Crippen molar-refractivity contribution in [3.05, 3.63) is 71.2 Å². The highest BCUT2D eigenvalue weighted by Crippen LogP contribution is 2.31. The number of aliphatic hydroxyl groups is 1. The van der Waals surface area contributed by atoms with E-state index in [4.69, 9.17) is 30.9 Å². The van der Waals surface area contributed by atoms with E-state index < -0.39 is 0 Å². The van der Waals surface area contributed by atoms with Crippen LogP contribution in [0.25, 0.3) is 0 Å². The average molecular weight is 569 g/mol. The fraction of sp³-hybridized carbons (Fsp3) is 0.310. The number of amides is 4. The molecule has 0 unspecified atom stereocenters. The number of ether oxygens (including phenoxy) is 3. The van der Waals surface area contributed by atoms with Crippen molar-refractivity contribution in [2.45, 2.75) is 18.8 Å². The Hall–Kier alpha value is -4.15. The summed E-state index contributed by atoms with van der Waals surface area (Å²) < 4.78 is 15.8. The number of rotatable bonds is 9. The van der Waals surface area contributed by atoms with Crippen molar-refractivity contribution in [3.8, 4) is 17.2 Å². The van der Waals surface area contributed by atoms with Crippen LogP contribution in [0.2, 0.25) is 5.02 Å². The van der Waals surface area contributed by atoms with Gasteiger partial charge in [0.15, 0.2) is 0 Å². The number of carbonyl (C=O) groups is 2. The van der Waals surface area contributed by atoms with E-state index in [0.717, 1.165) is 18.4 Å². The maximum absolute atomic E-state index is 12.8. The van der Waals surface area contributed by atoms with Crippen molar-refractivity contribution in [2.75, 3.05) is 56.5 Å². The van der Waals surface area contributed by atoms with E-state index >= 15 is 0 Å². The molecule has 1 aliphatic heterocycles. The fourth-order valence-electron chi connectivity index (χ4n) is 4.47. The molecule has 1 fully saturated rings. The Kier molecular flexibility index (Phi) is 9.93. The normalized spacial score (nSPS) is 13.3. The number of urea groups is 2. The van der Waals surface area contributed by atoms with E-state index in [9.17, 15) is 9.59 Å². The number of hydrogen-bond acceptors (Lipinski definition) is 6. The number of anilines is 3. The van der Waals surface area contributed by atoms with Crippen LogP contribution >= 0.6 is 11.6 Å². The van der Waals surface area contributed by atoms with Gasteiger partial charge >= 0.3 is 12.1 Å². The molecule has 1 aliphatic rings. The zero-order valence-electron chi connectivity index (χ0n) is 22.4. The van der Waals surface area contributed by atoms with Crippen molar-refractivity contribution in [3.63, 3.8) is 0 Å². The molecule has 0 aliphatic carbocycles. The zero-order valence-corrected chi connectivity index (χ0v) is 23.2. The van der Waals surface area contributed by atoms with E-state index in [1.165, 1.54) is 0 Å². The first-order valence-corrected chi connectivity index (χ1v) is 13.3. The summed E-state index contributed by atoms with van der Waals surface area (Å²) >= 11 is 6.29. The lowest BCUT2D eigenvalue weighted by Gasteiger charge is -2.32. The standard InChI is InChI=1S/C29H33ClN4O6/c1-38-24-15-22(16-25(17-24)39-2)32-28(36)31-21-5-3-19(4-6-21)20-9-11-34(12-10-20)29(37)33-27-8-7-23(18-26(27)30)40-14-13-35/h3-8,15-18,20,35H,9-14H2,1-2H3,(H,33,37)(H2,31,32,36). The molecule has 4 rings (SSSR count). The van der Waals surface area contributed by atoms with Gasteiger partial charge in [0.2, 0.25) is 0 Å². The second kappa shape index (κ2) is 13.8. The molecule has 212 valence electrons. The van der Waals surface area contributed by atoms with Crippen LogP contribution in [0.15, 0.2) is 60.7 Å². The Morgan fingerprint density at radius 1 is 0.875 bits per heavy atom. The van der Waals surface area contributed by atoms with Crippen molar-refractivity contribution in [2.24, 2.45) is 0 Å². The lowest BCUT2D eigenvalue weighted by molar-refractivity contribution is 0.194.